The van der Waals surface area contributed by atoms with Gasteiger partial charge in [-0.3, -0.25) is 9.59 Å². The molecule has 1 amide bonds. The van der Waals surface area contributed by atoms with E-state index in [2.05, 4.69) is 15.5 Å². The minimum Gasteiger partial charge on any atom is -0.495 e. The fourth-order valence-corrected chi connectivity index (χ4v) is 4.19. The van der Waals surface area contributed by atoms with E-state index in [1.807, 2.05) is 32.0 Å². The van der Waals surface area contributed by atoms with Gasteiger partial charge in [-0.15, -0.1) is 0 Å². The third-order valence-corrected chi connectivity index (χ3v) is 6.37. The van der Waals surface area contributed by atoms with E-state index in [1.165, 1.54) is 11.8 Å². The molecule has 0 radical (unpaired) electrons. The molecule has 1 fully saturated rings. The summed E-state index contributed by atoms with van der Waals surface area (Å²) in [5.41, 5.74) is 4.34. The third-order valence-electron chi connectivity index (χ3n) is 6.14. The highest BCUT2D eigenvalue weighted by Crippen LogP contribution is 2.41. The number of aromatic nitrogens is 4. The lowest BCUT2D eigenvalue weighted by Crippen LogP contribution is -2.31. The van der Waals surface area contributed by atoms with Crippen LogP contribution in [-0.2, 0) is 11.3 Å². The van der Waals surface area contributed by atoms with E-state index in [1.54, 1.807) is 29.1 Å². The first-order valence-electron chi connectivity index (χ1n) is 11.1. The van der Waals surface area contributed by atoms with E-state index >= 15 is 0 Å². The molecule has 0 unspecified atom stereocenters. The summed E-state index contributed by atoms with van der Waals surface area (Å²) in [6, 6.07) is 10.9. The van der Waals surface area contributed by atoms with Crippen LogP contribution in [0.5, 0.6) is 5.75 Å². The summed E-state index contributed by atoms with van der Waals surface area (Å²) >= 11 is 6.07. The van der Waals surface area contributed by atoms with E-state index in [-0.39, 0.29) is 18.0 Å². The summed E-state index contributed by atoms with van der Waals surface area (Å²) in [7, 11) is 1.51. The maximum absolute atomic E-state index is 13.5. The van der Waals surface area contributed by atoms with Crippen molar-refractivity contribution in [2.45, 2.75) is 39.2 Å². The Morgan fingerprint density at radius 3 is 2.68 bits per heavy atom. The molecule has 2 heterocycles. The molecule has 0 atom stereocenters. The Kier molecular flexibility index (Phi) is 5.61. The Labute approximate surface area is 201 Å². The van der Waals surface area contributed by atoms with Gasteiger partial charge in [0, 0.05) is 16.3 Å². The smallest absolute Gasteiger partial charge is 0.293 e. The third kappa shape index (κ3) is 4.05. The fraction of sp³-hybridized carbons (Fsp3) is 0.280. The van der Waals surface area contributed by atoms with Crippen LogP contribution >= 0.6 is 11.6 Å². The number of nitrogens with zero attached hydrogens (tertiary/aromatic N) is 4. The number of carbonyl (C=O) groups excluding carboxylic acids is 1. The van der Waals surface area contributed by atoms with Crippen LogP contribution in [0.1, 0.15) is 35.6 Å². The van der Waals surface area contributed by atoms with Crippen molar-refractivity contribution < 1.29 is 9.53 Å². The molecule has 4 aromatic rings. The maximum atomic E-state index is 13.5. The summed E-state index contributed by atoms with van der Waals surface area (Å²) in [6.45, 7) is 3.81. The molecule has 174 valence electrons. The van der Waals surface area contributed by atoms with Crippen molar-refractivity contribution in [1.29, 1.82) is 0 Å². The van der Waals surface area contributed by atoms with Crippen LogP contribution in [0.4, 0.5) is 5.69 Å². The van der Waals surface area contributed by atoms with Gasteiger partial charge in [0.05, 0.1) is 30.4 Å². The molecule has 0 aliphatic heterocycles. The van der Waals surface area contributed by atoms with Crippen molar-refractivity contribution in [2.75, 3.05) is 12.4 Å². The Morgan fingerprint density at radius 2 is 1.97 bits per heavy atom. The van der Waals surface area contributed by atoms with Crippen LogP contribution in [0.15, 0.2) is 47.4 Å². The molecule has 1 aliphatic carbocycles. The van der Waals surface area contributed by atoms with E-state index in [0.717, 1.165) is 40.7 Å². The number of benzene rings is 2. The monoisotopic (exact) mass is 477 g/mol. The van der Waals surface area contributed by atoms with Crippen molar-refractivity contribution >= 4 is 34.1 Å². The van der Waals surface area contributed by atoms with Crippen molar-refractivity contribution in [3.63, 3.8) is 0 Å². The lowest BCUT2D eigenvalue weighted by molar-refractivity contribution is -0.117. The number of hydrogen-bond acceptors (Lipinski definition) is 5. The minimum atomic E-state index is -0.409. The minimum absolute atomic E-state index is 0.248. The number of amides is 1. The zero-order valence-electron chi connectivity index (χ0n) is 19.1. The summed E-state index contributed by atoms with van der Waals surface area (Å²) in [5, 5.41) is 13.1. The summed E-state index contributed by atoms with van der Waals surface area (Å²) in [6.07, 6.45) is 3.70. The Hall–Kier alpha value is -3.65. The maximum Gasteiger partial charge on any atom is 0.293 e. The largest absolute Gasteiger partial charge is 0.495 e. The zero-order valence-corrected chi connectivity index (χ0v) is 19.9. The number of rotatable bonds is 6. The van der Waals surface area contributed by atoms with Gasteiger partial charge in [-0.05, 0) is 68.1 Å². The SMILES string of the molecule is COc1ccc(Cl)cc1NC(=O)Cn1nc(C2CC2)c2cnn(-c3ccc(C)c(C)c3)c2c1=O. The number of methoxy groups -OCH3 is 1. The summed E-state index contributed by atoms with van der Waals surface area (Å²) in [5.74, 6) is 0.330. The zero-order chi connectivity index (χ0) is 24.0. The number of halogens is 1. The molecule has 1 N–H and O–H groups in total. The van der Waals surface area contributed by atoms with Gasteiger partial charge in [0.2, 0.25) is 5.91 Å². The highest BCUT2D eigenvalue weighted by molar-refractivity contribution is 6.31. The van der Waals surface area contributed by atoms with E-state index < -0.39 is 5.91 Å². The van der Waals surface area contributed by atoms with Crippen LogP contribution in [0.25, 0.3) is 16.6 Å². The molecule has 2 aromatic carbocycles. The number of anilines is 1. The molecule has 9 heteroatoms. The number of aryl methyl sites for hydroxylation is 2. The molecule has 1 aliphatic rings. The predicted octanol–water partition coefficient (Wildman–Crippen LogP) is 4.38. The predicted molar refractivity (Wildman–Crippen MR) is 131 cm³/mol. The molecule has 0 bridgehead atoms. The van der Waals surface area contributed by atoms with Gasteiger partial charge in [0.1, 0.15) is 17.8 Å². The lowest BCUT2D eigenvalue weighted by Gasteiger charge is -2.13. The molecular weight excluding hydrogens is 454 g/mol. The van der Waals surface area contributed by atoms with Crippen molar-refractivity contribution in [1.82, 2.24) is 19.6 Å². The normalized spacial score (nSPS) is 13.3. The quantitative estimate of drug-likeness (QED) is 0.445. The number of hydrogen-bond donors (Lipinski definition) is 1. The van der Waals surface area contributed by atoms with Gasteiger partial charge >= 0.3 is 0 Å². The number of fused-ring (bicyclic) bond motifs is 1. The first-order valence-corrected chi connectivity index (χ1v) is 11.4. The average Bonchev–Trinajstić information content (AvgIpc) is 3.55. The Bertz CT molecular complexity index is 1490. The number of nitrogens with one attached hydrogen (secondary N) is 1. The number of carbonyl (C=O) groups is 1. The van der Waals surface area contributed by atoms with Gasteiger partial charge in [-0.2, -0.15) is 10.2 Å². The highest BCUT2D eigenvalue weighted by atomic mass is 35.5. The Morgan fingerprint density at radius 1 is 1.18 bits per heavy atom. The second kappa shape index (κ2) is 8.61. The van der Waals surface area contributed by atoms with Gasteiger partial charge < -0.3 is 10.1 Å². The van der Waals surface area contributed by atoms with E-state index in [9.17, 15) is 9.59 Å². The van der Waals surface area contributed by atoms with Crippen LogP contribution in [0, 0.1) is 13.8 Å². The number of ether oxygens (including phenoxy) is 1. The molecule has 5 rings (SSSR count). The second-order valence-corrected chi connectivity index (χ2v) is 9.04. The lowest BCUT2D eigenvalue weighted by atomic mass is 10.1. The highest BCUT2D eigenvalue weighted by Gasteiger charge is 2.30. The van der Waals surface area contributed by atoms with Crippen LogP contribution < -0.4 is 15.6 Å². The standard InChI is InChI=1S/C25H24ClN5O3/c1-14-4-8-18(10-15(14)2)31-24-19(12-27-31)23(16-5-6-16)29-30(25(24)33)13-22(32)28-20-11-17(26)7-9-21(20)34-3/h4,7-12,16H,5-6,13H2,1-3H3,(H,28,32). The first-order chi connectivity index (χ1) is 16.4. The molecule has 8 nitrogen and oxygen atoms in total. The Balaban J connectivity index is 1.56. The van der Waals surface area contributed by atoms with Gasteiger partial charge in [-0.25, -0.2) is 9.36 Å². The van der Waals surface area contributed by atoms with Gasteiger partial charge in [0.25, 0.3) is 5.56 Å². The van der Waals surface area contributed by atoms with Crippen LogP contribution in [0.2, 0.25) is 5.02 Å². The van der Waals surface area contributed by atoms with Gasteiger partial charge in [-0.1, -0.05) is 17.7 Å². The molecule has 0 saturated heterocycles. The second-order valence-electron chi connectivity index (χ2n) is 8.60. The molecule has 0 spiro atoms. The average molecular weight is 478 g/mol. The fourth-order valence-electron chi connectivity index (χ4n) is 4.02. The van der Waals surface area contributed by atoms with Crippen molar-refractivity contribution in [3.8, 4) is 11.4 Å². The molecule has 34 heavy (non-hydrogen) atoms. The summed E-state index contributed by atoms with van der Waals surface area (Å²) < 4.78 is 8.16. The first kappa shape index (κ1) is 22.2. The molecular formula is C25H24ClN5O3. The topological polar surface area (TPSA) is 91.0 Å². The van der Waals surface area contributed by atoms with Gasteiger partial charge in [0.15, 0.2) is 0 Å². The summed E-state index contributed by atoms with van der Waals surface area (Å²) in [4.78, 5) is 26.4. The molecule has 2 aromatic heterocycles. The van der Waals surface area contributed by atoms with Crippen LogP contribution in [0.3, 0.4) is 0 Å². The van der Waals surface area contributed by atoms with E-state index in [0.29, 0.717) is 22.0 Å². The van der Waals surface area contributed by atoms with Crippen LogP contribution in [-0.4, -0.2) is 32.6 Å². The van der Waals surface area contributed by atoms with Crippen molar-refractivity contribution in [2.24, 2.45) is 0 Å². The van der Waals surface area contributed by atoms with Crippen molar-refractivity contribution in [3.05, 3.63) is 74.8 Å². The van der Waals surface area contributed by atoms with E-state index in [4.69, 9.17) is 16.3 Å². The molecule has 1 saturated carbocycles.